The molecule has 0 saturated heterocycles. The van der Waals surface area contributed by atoms with Gasteiger partial charge in [0.05, 0.1) is 75.2 Å². The van der Waals surface area contributed by atoms with Crippen molar-refractivity contribution in [3.05, 3.63) is 154 Å². The van der Waals surface area contributed by atoms with Gasteiger partial charge in [-0.05, 0) is 156 Å². The summed E-state index contributed by atoms with van der Waals surface area (Å²) < 4.78 is 72.1. The third kappa shape index (κ3) is 14.5. The molecule has 2 saturated carbocycles. The maximum absolute atomic E-state index is 13.1. The standard InChI is InChI=1S/2C27H30FNO5/c1-3-31-27(30)25-13-19(8-7-18(25)2)15-32-23-5-4-6-24(14-23)33-16-22-17-34-26(29-22)20-9-11-21(28)12-10-20;1-3-31-27(30)25-13-18(2)7-8-20(25)15-32-23-5-4-6-24(14-23)33-16-22-17-34-26(29-22)19-9-11-21(28)12-10-19/h2*7-13,17,23-24H,3-6,14-16H2,1-2H3/t2*23-,24+/m11/s1. The fourth-order valence-corrected chi connectivity index (χ4v) is 8.24. The highest BCUT2D eigenvalue weighted by Gasteiger charge is 2.26. The summed E-state index contributed by atoms with van der Waals surface area (Å²) in [7, 11) is 0. The van der Waals surface area contributed by atoms with E-state index in [2.05, 4.69) is 9.97 Å². The Bertz CT molecular complexity index is 2540. The second kappa shape index (κ2) is 24.8. The highest BCUT2D eigenvalue weighted by molar-refractivity contribution is 5.91. The average molecular weight is 935 g/mol. The average Bonchev–Trinajstić information content (AvgIpc) is 4.04. The van der Waals surface area contributed by atoms with Crippen LogP contribution in [0.5, 0.6) is 0 Å². The lowest BCUT2D eigenvalue weighted by Gasteiger charge is -2.29. The Morgan fingerprint density at radius 1 is 0.574 bits per heavy atom. The van der Waals surface area contributed by atoms with Gasteiger partial charge in [-0.2, -0.15) is 0 Å². The van der Waals surface area contributed by atoms with E-state index in [0.29, 0.717) is 73.9 Å². The van der Waals surface area contributed by atoms with Gasteiger partial charge in [0.25, 0.3) is 0 Å². The van der Waals surface area contributed by atoms with E-state index in [9.17, 15) is 18.4 Å². The molecular weight excluding hydrogens is 875 g/mol. The van der Waals surface area contributed by atoms with Crippen LogP contribution in [0.15, 0.2) is 106 Å². The van der Waals surface area contributed by atoms with Crippen molar-refractivity contribution in [2.45, 2.75) is 130 Å². The van der Waals surface area contributed by atoms with Crippen molar-refractivity contribution < 1.29 is 55.6 Å². The van der Waals surface area contributed by atoms with Gasteiger partial charge in [-0.1, -0.05) is 29.8 Å². The van der Waals surface area contributed by atoms with Crippen LogP contribution >= 0.6 is 0 Å². The Hall–Kier alpha value is -6.06. The van der Waals surface area contributed by atoms with Crippen LogP contribution < -0.4 is 0 Å². The number of hydrogen-bond acceptors (Lipinski definition) is 12. The minimum absolute atomic E-state index is 0.0576. The number of benzene rings is 4. The second-order valence-electron chi connectivity index (χ2n) is 17.1. The summed E-state index contributed by atoms with van der Waals surface area (Å²) in [5, 5.41) is 0. The number of aromatic nitrogens is 2. The summed E-state index contributed by atoms with van der Waals surface area (Å²) in [5.74, 6) is -0.324. The monoisotopic (exact) mass is 934 g/mol. The highest BCUT2D eigenvalue weighted by Crippen LogP contribution is 2.29. The van der Waals surface area contributed by atoms with Gasteiger partial charge < -0.3 is 37.3 Å². The van der Waals surface area contributed by atoms with Gasteiger partial charge in [0, 0.05) is 11.1 Å². The first-order valence-corrected chi connectivity index (χ1v) is 23.4. The minimum Gasteiger partial charge on any atom is -0.462 e. The Labute approximate surface area is 396 Å². The molecule has 2 aliphatic rings. The molecule has 12 nitrogen and oxygen atoms in total. The number of carbonyl (C=O) groups is 2. The third-order valence-corrected chi connectivity index (χ3v) is 11.9. The third-order valence-electron chi connectivity index (χ3n) is 11.9. The van der Waals surface area contributed by atoms with E-state index in [4.69, 9.17) is 37.3 Å². The Morgan fingerprint density at radius 3 is 1.54 bits per heavy atom. The van der Waals surface area contributed by atoms with Crippen LogP contribution in [0, 0.1) is 25.5 Å². The molecule has 0 bridgehead atoms. The van der Waals surface area contributed by atoms with E-state index in [1.165, 1.54) is 24.3 Å². The molecule has 0 spiro atoms. The van der Waals surface area contributed by atoms with Crippen molar-refractivity contribution in [1.29, 1.82) is 0 Å². The molecule has 0 unspecified atom stereocenters. The van der Waals surface area contributed by atoms with Crippen LogP contribution in [0.2, 0.25) is 0 Å². The fourth-order valence-electron chi connectivity index (χ4n) is 8.24. The second-order valence-corrected chi connectivity index (χ2v) is 17.1. The zero-order chi connectivity index (χ0) is 47.8. The van der Waals surface area contributed by atoms with Gasteiger partial charge in [-0.15, -0.1) is 0 Å². The summed E-state index contributed by atoms with van der Waals surface area (Å²) in [6, 6.07) is 23.6. The Morgan fingerprint density at radius 2 is 1.04 bits per heavy atom. The quantitative estimate of drug-likeness (QED) is 0.0757. The van der Waals surface area contributed by atoms with E-state index in [1.807, 2.05) is 50.2 Å². The molecule has 8 rings (SSSR count). The lowest BCUT2D eigenvalue weighted by molar-refractivity contribution is -0.0564. The van der Waals surface area contributed by atoms with E-state index < -0.39 is 0 Å². The molecule has 4 atom stereocenters. The molecule has 2 heterocycles. The Balaban J connectivity index is 0.000000201. The van der Waals surface area contributed by atoms with Gasteiger partial charge >= 0.3 is 11.9 Å². The molecule has 6 aromatic rings. The van der Waals surface area contributed by atoms with Crippen molar-refractivity contribution in [3.63, 3.8) is 0 Å². The van der Waals surface area contributed by atoms with E-state index in [1.54, 1.807) is 50.6 Å². The number of carbonyl (C=O) groups excluding carboxylic acids is 2. The molecule has 68 heavy (non-hydrogen) atoms. The van der Waals surface area contributed by atoms with Gasteiger partial charge in [0.1, 0.15) is 35.5 Å². The van der Waals surface area contributed by atoms with Crippen LogP contribution in [0.1, 0.15) is 120 Å². The number of rotatable bonds is 18. The summed E-state index contributed by atoms with van der Waals surface area (Å²) in [4.78, 5) is 33.4. The maximum Gasteiger partial charge on any atom is 0.338 e. The number of nitrogens with zero attached hydrogens (tertiary/aromatic N) is 2. The molecule has 0 N–H and O–H groups in total. The number of esters is 2. The summed E-state index contributed by atoms with van der Waals surface area (Å²) in [6.07, 6.45) is 10.9. The number of aryl methyl sites for hydroxylation is 2. The van der Waals surface area contributed by atoms with Gasteiger partial charge in [-0.25, -0.2) is 28.3 Å². The molecular formula is C54H60F2N2O10. The van der Waals surface area contributed by atoms with Crippen molar-refractivity contribution in [3.8, 4) is 22.9 Å². The zero-order valence-electron chi connectivity index (χ0n) is 39.2. The van der Waals surface area contributed by atoms with Crippen LogP contribution in [0.4, 0.5) is 8.78 Å². The van der Waals surface area contributed by atoms with Crippen LogP contribution in [-0.2, 0) is 54.8 Å². The molecule has 360 valence electrons. The first-order valence-electron chi connectivity index (χ1n) is 23.4. The lowest BCUT2D eigenvalue weighted by Crippen LogP contribution is -2.28. The zero-order valence-corrected chi connectivity index (χ0v) is 39.2. The first-order chi connectivity index (χ1) is 33.0. The number of oxazole rings is 2. The SMILES string of the molecule is CCOC(=O)c1cc(C)ccc1CO[C@@H]1CCC[C@H](OCc2coc(-c3ccc(F)cc3)n2)C1.CCOC(=O)c1cc(CO[C@@H]2CCC[C@H](OCc3coc(-c4ccc(F)cc4)n3)C2)ccc1C. The van der Waals surface area contributed by atoms with Gasteiger partial charge in [0.15, 0.2) is 0 Å². The molecule has 0 amide bonds. The topological polar surface area (TPSA) is 142 Å². The largest absolute Gasteiger partial charge is 0.462 e. The van der Waals surface area contributed by atoms with Crippen molar-refractivity contribution in [2.24, 2.45) is 0 Å². The number of halogens is 2. The summed E-state index contributed by atoms with van der Waals surface area (Å²) in [6.45, 7) is 9.63. The fraction of sp³-hybridized carbons (Fsp3) is 0.407. The molecule has 4 aromatic carbocycles. The van der Waals surface area contributed by atoms with E-state index >= 15 is 0 Å². The van der Waals surface area contributed by atoms with Crippen molar-refractivity contribution in [2.75, 3.05) is 13.2 Å². The molecule has 0 radical (unpaired) electrons. The highest BCUT2D eigenvalue weighted by atomic mass is 19.1. The van der Waals surface area contributed by atoms with Crippen molar-refractivity contribution >= 4 is 11.9 Å². The summed E-state index contributed by atoms with van der Waals surface area (Å²) in [5.41, 5.74) is 7.68. The molecule has 2 fully saturated rings. The normalized spacial score (nSPS) is 18.1. The van der Waals surface area contributed by atoms with E-state index in [-0.39, 0.29) is 48.0 Å². The molecule has 14 heteroatoms. The molecule has 2 aliphatic carbocycles. The predicted octanol–water partition coefficient (Wildman–Crippen LogP) is 12.0. The van der Waals surface area contributed by atoms with Gasteiger partial charge in [0.2, 0.25) is 11.8 Å². The van der Waals surface area contributed by atoms with Gasteiger partial charge in [-0.3, -0.25) is 0 Å². The molecule has 0 aliphatic heterocycles. The first kappa shape index (κ1) is 49.8. The lowest BCUT2D eigenvalue weighted by atomic mass is 9.94. The Kier molecular flexibility index (Phi) is 18.2. The maximum atomic E-state index is 13.1. The predicted molar refractivity (Wildman–Crippen MR) is 249 cm³/mol. The number of hydrogen-bond donors (Lipinski definition) is 0. The smallest absolute Gasteiger partial charge is 0.338 e. The van der Waals surface area contributed by atoms with Crippen LogP contribution in [0.25, 0.3) is 22.9 Å². The summed E-state index contributed by atoms with van der Waals surface area (Å²) >= 11 is 0. The number of ether oxygens (including phenoxy) is 6. The molecule has 2 aromatic heterocycles. The van der Waals surface area contributed by atoms with E-state index in [0.717, 1.165) is 84.7 Å². The van der Waals surface area contributed by atoms with Crippen LogP contribution in [-0.4, -0.2) is 59.5 Å². The van der Waals surface area contributed by atoms with Crippen LogP contribution in [0.3, 0.4) is 0 Å². The minimum atomic E-state index is -0.317. The van der Waals surface area contributed by atoms with Crippen molar-refractivity contribution in [1.82, 2.24) is 9.97 Å².